The summed E-state index contributed by atoms with van der Waals surface area (Å²) >= 11 is 0. The lowest BCUT2D eigenvalue weighted by Crippen LogP contribution is -2.50. The van der Waals surface area contributed by atoms with E-state index in [1.807, 2.05) is 20.8 Å². The molecule has 5 nitrogen and oxygen atoms in total. The third kappa shape index (κ3) is 4.08. The second-order valence-corrected chi connectivity index (χ2v) is 4.34. The van der Waals surface area contributed by atoms with Crippen LogP contribution in [0.4, 0.5) is 4.79 Å². The summed E-state index contributed by atoms with van der Waals surface area (Å²) in [6.07, 6.45) is 0.380. The van der Waals surface area contributed by atoms with Crippen molar-refractivity contribution in [1.82, 2.24) is 10.2 Å². The second-order valence-electron chi connectivity index (χ2n) is 4.34. The molecule has 0 fully saturated rings. The van der Waals surface area contributed by atoms with Crippen molar-refractivity contribution in [3.8, 4) is 0 Å². The van der Waals surface area contributed by atoms with E-state index in [0.717, 1.165) is 0 Å². The number of carboxylic acids is 1. The fourth-order valence-electron chi connectivity index (χ4n) is 1.22. The number of nitrogens with one attached hydrogen (secondary N) is 1. The second kappa shape index (κ2) is 6.35. The molecule has 2 atom stereocenters. The number of carbonyl (C=O) groups excluding carboxylic acids is 1. The van der Waals surface area contributed by atoms with Crippen molar-refractivity contribution in [3.05, 3.63) is 0 Å². The van der Waals surface area contributed by atoms with Crippen molar-refractivity contribution in [2.75, 3.05) is 7.05 Å². The highest BCUT2D eigenvalue weighted by atomic mass is 16.4. The number of amides is 2. The van der Waals surface area contributed by atoms with Crippen LogP contribution in [0.25, 0.3) is 0 Å². The van der Waals surface area contributed by atoms with Gasteiger partial charge >= 0.3 is 12.0 Å². The molecule has 0 aromatic carbocycles. The zero-order chi connectivity index (χ0) is 12.9. The molecule has 2 unspecified atom stereocenters. The first-order valence-corrected chi connectivity index (χ1v) is 5.57. The first-order valence-electron chi connectivity index (χ1n) is 5.57. The molecular weight excluding hydrogens is 208 g/mol. The molecule has 94 valence electrons. The SMILES string of the molecule is CCC(NC(=O)N(C)C(C)C(C)C)C(=O)O. The minimum Gasteiger partial charge on any atom is -0.480 e. The Bertz CT molecular complexity index is 254. The Balaban J connectivity index is 4.40. The predicted molar refractivity (Wildman–Crippen MR) is 62.3 cm³/mol. The van der Waals surface area contributed by atoms with Gasteiger partial charge in [-0.15, -0.1) is 0 Å². The largest absolute Gasteiger partial charge is 0.480 e. The van der Waals surface area contributed by atoms with Crippen molar-refractivity contribution in [2.45, 2.75) is 46.2 Å². The molecule has 0 saturated heterocycles. The average molecular weight is 230 g/mol. The zero-order valence-electron chi connectivity index (χ0n) is 10.7. The Morgan fingerprint density at radius 3 is 2.12 bits per heavy atom. The number of aliphatic carboxylic acids is 1. The number of nitrogens with zero attached hydrogens (tertiary/aromatic N) is 1. The summed E-state index contributed by atoms with van der Waals surface area (Å²) in [4.78, 5) is 24.0. The first-order chi connectivity index (χ1) is 7.31. The van der Waals surface area contributed by atoms with Crippen molar-refractivity contribution >= 4 is 12.0 Å². The summed E-state index contributed by atoms with van der Waals surface area (Å²) in [5.74, 6) is -0.665. The Labute approximate surface area is 96.8 Å². The molecule has 0 aromatic heterocycles. The van der Waals surface area contributed by atoms with Crippen molar-refractivity contribution in [1.29, 1.82) is 0 Å². The van der Waals surface area contributed by atoms with Gasteiger partial charge in [-0.05, 0) is 19.3 Å². The van der Waals surface area contributed by atoms with Crippen LogP contribution in [0, 0.1) is 5.92 Å². The Morgan fingerprint density at radius 1 is 1.31 bits per heavy atom. The number of rotatable bonds is 5. The van der Waals surface area contributed by atoms with Crippen LogP contribution in [0.1, 0.15) is 34.1 Å². The quantitative estimate of drug-likeness (QED) is 0.752. The standard InChI is InChI=1S/C11H22N2O3/c1-6-9(10(14)15)12-11(16)13(5)8(4)7(2)3/h7-9H,6H2,1-5H3,(H,12,16)(H,14,15). The van der Waals surface area contributed by atoms with E-state index in [1.54, 1.807) is 14.0 Å². The Morgan fingerprint density at radius 2 is 1.81 bits per heavy atom. The molecule has 5 heteroatoms. The monoisotopic (exact) mass is 230 g/mol. The number of carbonyl (C=O) groups is 2. The van der Waals surface area contributed by atoms with Crippen LogP contribution in [0.2, 0.25) is 0 Å². The molecule has 2 amide bonds. The number of hydrogen-bond acceptors (Lipinski definition) is 2. The van der Waals surface area contributed by atoms with Gasteiger partial charge in [0.05, 0.1) is 0 Å². The summed E-state index contributed by atoms with van der Waals surface area (Å²) < 4.78 is 0. The zero-order valence-corrected chi connectivity index (χ0v) is 10.7. The predicted octanol–water partition coefficient (Wildman–Crippen LogP) is 1.54. The normalized spacial score (nSPS) is 14.4. The maximum atomic E-state index is 11.7. The maximum Gasteiger partial charge on any atom is 0.326 e. The average Bonchev–Trinajstić information content (AvgIpc) is 2.22. The van der Waals surface area contributed by atoms with E-state index in [9.17, 15) is 9.59 Å². The Kier molecular flexibility index (Phi) is 5.85. The lowest BCUT2D eigenvalue weighted by molar-refractivity contribution is -0.139. The molecule has 0 heterocycles. The lowest BCUT2D eigenvalue weighted by Gasteiger charge is -2.29. The van der Waals surface area contributed by atoms with Gasteiger partial charge in [0, 0.05) is 13.1 Å². The summed E-state index contributed by atoms with van der Waals surface area (Å²) in [5.41, 5.74) is 0. The highest BCUT2D eigenvalue weighted by Gasteiger charge is 2.23. The van der Waals surface area contributed by atoms with Crippen molar-refractivity contribution < 1.29 is 14.7 Å². The van der Waals surface area contributed by atoms with Crippen LogP contribution < -0.4 is 5.32 Å². The van der Waals surface area contributed by atoms with Crippen LogP contribution >= 0.6 is 0 Å². The van der Waals surface area contributed by atoms with Crippen molar-refractivity contribution in [2.24, 2.45) is 5.92 Å². The summed E-state index contributed by atoms with van der Waals surface area (Å²) in [6.45, 7) is 7.70. The molecule has 16 heavy (non-hydrogen) atoms. The van der Waals surface area contributed by atoms with Gasteiger partial charge in [-0.1, -0.05) is 20.8 Å². The molecule has 2 N–H and O–H groups in total. The molecule has 0 rings (SSSR count). The molecule has 0 radical (unpaired) electrons. The summed E-state index contributed by atoms with van der Waals surface area (Å²) in [6, 6.07) is -1.07. The van der Waals surface area contributed by atoms with E-state index < -0.39 is 12.0 Å². The van der Waals surface area contributed by atoms with Gasteiger partial charge in [-0.2, -0.15) is 0 Å². The van der Waals surface area contributed by atoms with Crippen LogP contribution in [0.3, 0.4) is 0 Å². The van der Waals surface area contributed by atoms with Gasteiger partial charge in [0.2, 0.25) is 0 Å². The molecule has 0 saturated carbocycles. The maximum absolute atomic E-state index is 11.7. The van der Waals surface area contributed by atoms with Gasteiger partial charge in [0.25, 0.3) is 0 Å². The van der Waals surface area contributed by atoms with Gasteiger partial charge in [-0.25, -0.2) is 9.59 Å². The molecule has 0 aliphatic heterocycles. The van der Waals surface area contributed by atoms with E-state index >= 15 is 0 Å². The van der Waals surface area contributed by atoms with E-state index in [4.69, 9.17) is 5.11 Å². The number of carboxylic acid groups (broad SMARTS) is 1. The Hall–Kier alpha value is -1.26. The molecular formula is C11H22N2O3. The summed E-state index contributed by atoms with van der Waals surface area (Å²) in [5, 5.41) is 11.3. The third-order valence-corrected chi connectivity index (χ3v) is 2.90. The van der Waals surface area contributed by atoms with E-state index in [2.05, 4.69) is 5.32 Å². The number of hydrogen-bond donors (Lipinski definition) is 2. The molecule has 0 aliphatic rings. The molecule has 0 aromatic rings. The topological polar surface area (TPSA) is 69.6 Å². The van der Waals surface area contributed by atoms with Crippen LogP contribution in [-0.4, -0.2) is 41.1 Å². The fraction of sp³-hybridized carbons (Fsp3) is 0.818. The highest BCUT2D eigenvalue weighted by molar-refractivity contribution is 5.82. The molecule has 0 spiro atoms. The van der Waals surface area contributed by atoms with Crippen molar-refractivity contribution in [3.63, 3.8) is 0 Å². The van der Waals surface area contributed by atoms with Crippen LogP contribution in [0.15, 0.2) is 0 Å². The number of urea groups is 1. The smallest absolute Gasteiger partial charge is 0.326 e. The van der Waals surface area contributed by atoms with Gasteiger partial charge < -0.3 is 15.3 Å². The molecule has 0 bridgehead atoms. The van der Waals surface area contributed by atoms with E-state index in [-0.39, 0.29) is 12.1 Å². The van der Waals surface area contributed by atoms with Gasteiger partial charge in [0.15, 0.2) is 0 Å². The fourth-order valence-corrected chi connectivity index (χ4v) is 1.22. The van der Waals surface area contributed by atoms with Crippen LogP contribution in [0.5, 0.6) is 0 Å². The van der Waals surface area contributed by atoms with E-state index in [0.29, 0.717) is 12.3 Å². The molecule has 0 aliphatic carbocycles. The highest BCUT2D eigenvalue weighted by Crippen LogP contribution is 2.08. The van der Waals surface area contributed by atoms with Gasteiger partial charge in [0.1, 0.15) is 6.04 Å². The third-order valence-electron chi connectivity index (χ3n) is 2.90. The van der Waals surface area contributed by atoms with E-state index in [1.165, 1.54) is 4.90 Å². The summed E-state index contributed by atoms with van der Waals surface area (Å²) in [7, 11) is 1.68. The lowest BCUT2D eigenvalue weighted by atomic mass is 10.1. The first kappa shape index (κ1) is 14.7. The van der Waals surface area contributed by atoms with Gasteiger partial charge in [-0.3, -0.25) is 0 Å². The van der Waals surface area contributed by atoms with Crippen LogP contribution in [-0.2, 0) is 4.79 Å². The minimum absolute atomic E-state index is 0.0753. The minimum atomic E-state index is -0.999.